The Kier molecular flexibility index (Phi) is 14.1. The Morgan fingerprint density at radius 3 is 1.97 bits per heavy atom. The van der Waals surface area contributed by atoms with Crippen LogP contribution in [0.5, 0.6) is 5.75 Å². The lowest BCUT2D eigenvalue weighted by molar-refractivity contribution is -0.138. The van der Waals surface area contributed by atoms with E-state index in [0.717, 1.165) is 81.6 Å². The summed E-state index contributed by atoms with van der Waals surface area (Å²) in [5.74, 6) is 0.528. The number of carbonyl (C=O) groups is 4. The number of hydrogen-bond acceptors (Lipinski definition) is 8. The summed E-state index contributed by atoms with van der Waals surface area (Å²) in [6.45, 7) is 6.48. The Morgan fingerprint density at radius 2 is 1.31 bits per heavy atom. The van der Waals surface area contributed by atoms with Crippen molar-refractivity contribution >= 4 is 29.3 Å². The molecule has 1 atom stereocenters. The molecule has 11 nitrogen and oxygen atoms in total. The number of aliphatic hydroxyl groups excluding tert-OH is 1. The van der Waals surface area contributed by atoms with E-state index in [-0.39, 0.29) is 30.1 Å². The second-order valence-corrected chi connectivity index (χ2v) is 16.0. The topological polar surface area (TPSA) is 123 Å². The van der Waals surface area contributed by atoms with Crippen LogP contribution in [-0.2, 0) is 40.4 Å². The van der Waals surface area contributed by atoms with E-state index in [9.17, 15) is 19.2 Å². The minimum Gasteiger partial charge on any atom is -0.493 e. The number of likely N-dealkylation sites (tertiary alicyclic amines) is 1. The number of rotatable bonds is 4. The number of para-hydroxylation sites is 2. The van der Waals surface area contributed by atoms with Crippen molar-refractivity contribution in [2.75, 3.05) is 44.8 Å². The molecule has 6 heterocycles. The van der Waals surface area contributed by atoms with Crippen molar-refractivity contribution in [2.24, 2.45) is 5.92 Å². The number of fused-ring (bicyclic) bond motifs is 3. The van der Waals surface area contributed by atoms with Gasteiger partial charge in [0, 0.05) is 69.5 Å². The highest BCUT2D eigenvalue weighted by Gasteiger charge is 2.41. The lowest BCUT2D eigenvalue weighted by Crippen LogP contribution is -2.52. The van der Waals surface area contributed by atoms with Crippen LogP contribution >= 0.6 is 0 Å². The molecule has 0 radical (unpaired) electrons. The zero-order valence-corrected chi connectivity index (χ0v) is 34.1. The number of aryl methyl sites for hydroxylation is 1. The Hall–Kier alpha value is -5.52. The van der Waals surface area contributed by atoms with E-state index < -0.39 is 11.9 Å². The second-order valence-electron chi connectivity index (χ2n) is 16.0. The predicted octanol–water partition coefficient (Wildman–Crippen LogP) is 5.98. The number of imide groups is 1. The number of hydrogen-bond donors (Lipinski definition) is 2. The first kappa shape index (κ1) is 41.6. The van der Waals surface area contributed by atoms with Gasteiger partial charge in [0.2, 0.25) is 17.7 Å². The third-order valence-corrected chi connectivity index (χ3v) is 12.3. The highest BCUT2D eigenvalue weighted by molar-refractivity contribution is 6.05. The van der Waals surface area contributed by atoms with Crippen LogP contribution in [0.3, 0.4) is 0 Å². The summed E-state index contributed by atoms with van der Waals surface area (Å²) in [4.78, 5) is 59.3. The third-order valence-electron chi connectivity index (χ3n) is 12.3. The minimum absolute atomic E-state index is 0.0569. The molecule has 0 aromatic heterocycles. The molecule has 2 N–H and O–H groups in total. The molecule has 6 aliphatic rings. The first-order chi connectivity index (χ1) is 28.9. The van der Waals surface area contributed by atoms with E-state index in [0.29, 0.717) is 37.7 Å². The van der Waals surface area contributed by atoms with Gasteiger partial charge in [0.05, 0.1) is 6.61 Å². The summed E-state index contributed by atoms with van der Waals surface area (Å²) >= 11 is 0. The molecule has 0 saturated carbocycles. The Labute approximate surface area is 347 Å². The van der Waals surface area contributed by atoms with Gasteiger partial charge in [0.1, 0.15) is 11.8 Å². The minimum atomic E-state index is -0.609. The summed E-state index contributed by atoms with van der Waals surface area (Å²) in [6, 6.07) is 34.9. The summed E-state index contributed by atoms with van der Waals surface area (Å²) in [6.07, 6.45) is 7.08. The molecule has 4 amide bonds. The summed E-state index contributed by atoms with van der Waals surface area (Å²) in [5.41, 5.74) is 6.31. The first-order valence-electron chi connectivity index (χ1n) is 21.2. The van der Waals surface area contributed by atoms with E-state index in [1.165, 1.54) is 30.5 Å². The standard InChI is InChI=1S/C32H37N5O4.C9H10O.C6H6.CH4O/c38-29-7-6-28(30(39)33-29)37-20-24-16-22-18-36(19-23(22)17-27(24)32(37)41)31(40)21-8-12-34(13-9-21)26-10-14-35(15-11-26)25-4-2-1-3-5-25;1-2-6-9-8(4-1)5-3-7-10-9;1-2-4-6-5-3-1;1-2/h1-5,16-17,21,26,28H,6-15,18-20H2,(H,33,38,39);1-2,4,6H,3,5,7H2;1-6H;2H,1H3. The maximum absolute atomic E-state index is 13.5. The molecular formula is C48H57N5O6. The Bertz CT molecular complexity index is 1990. The van der Waals surface area contributed by atoms with Crippen LogP contribution in [0, 0.1) is 5.92 Å². The van der Waals surface area contributed by atoms with E-state index in [2.05, 4.69) is 57.6 Å². The molecule has 0 spiro atoms. The molecule has 4 aromatic carbocycles. The number of nitrogens with one attached hydrogen (secondary N) is 1. The monoisotopic (exact) mass is 799 g/mol. The van der Waals surface area contributed by atoms with Crippen molar-refractivity contribution in [1.82, 2.24) is 20.0 Å². The largest absolute Gasteiger partial charge is 0.493 e. The number of aliphatic hydroxyl groups is 1. The molecule has 0 bridgehead atoms. The van der Waals surface area contributed by atoms with Crippen LogP contribution in [0.25, 0.3) is 0 Å². The SMILES string of the molecule is CO.O=C1CCC(N2Cc3cc4c(cc3C2=O)CN(C(=O)C2CCN(C3CCN(c5ccccc5)CC3)CC2)C4)C(=O)N1.c1ccc2c(c1)CCCO2.c1ccccc1. The van der Waals surface area contributed by atoms with E-state index >= 15 is 0 Å². The molecule has 3 saturated heterocycles. The van der Waals surface area contributed by atoms with Gasteiger partial charge in [-0.1, -0.05) is 78.9 Å². The second kappa shape index (κ2) is 20.0. The van der Waals surface area contributed by atoms with Crippen molar-refractivity contribution in [1.29, 1.82) is 0 Å². The summed E-state index contributed by atoms with van der Waals surface area (Å²) in [5, 5.41) is 9.36. The normalized spacial score (nSPS) is 20.3. The molecule has 310 valence electrons. The zero-order valence-electron chi connectivity index (χ0n) is 34.1. The highest BCUT2D eigenvalue weighted by Crippen LogP contribution is 2.35. The van der Waals surface area contributed by atoms with Crippen molar-refractivity contribution in [2.45, 2.75) is 83.1 Å². The quantitative estimate of drug-likeness (QED) is 0.242. The van der Waals surface area contributed by atoms with E-state index in [1.54, 1.807) is 4.90 Å². The van der Waals surface area contributed by atoms with Gasteiger partial charge in [-0.15, -0.1) is 0 Å². The van der Waals surface area contributed by atoms with Crippen LogP contribution in [0.1, 0.15) is 77.6 Å². The number of ether oxygens (including phenoxy) is 1. The van der Waals surface area contributed by atoms with Crippen molar-refractivity contribution < 1.29 is 29.0 Å². The fourth-order valence-electron chi connectivity index (χ4n) is 9.21. The maximum Gasteiger partial charge on any atom is 0.255 e. The zero-order chi connectivity index (χ0) is 41.1. The lowest BCUT2D eigenvalue weighted by atomic mass is 9.92. The van der Waals surface area contributed by atoms with Gasteiger partial charge in [0.25, 0.3) is 5.91 Å². The molecular weight excluding hydrogens is 743 g/mol. The fourth-order valence-corrected chi connectivity index (χ4v) is 9.21. The van der Waals surface area contributed by atoms with E-state index in [1.807, 2.05) is 65.6 Å². The molecule has 10 rings (SSSR count). The van der Waals surface area contributed by atoms with Gasteiger partial charge < -0.3 is 29.4 Å². The average Bonchev–Trinajstić information content (AvgIpc) is 3.87. The molecule has 0 aliphatic carbocycles. The number of anilines is 1. The van der Waals surface area contributed by atoms with Gasteiger partial charge in [-0.05, 0) is 105 Å². The summed E-state index contributed by atoms with van der Waals surface area (Å²) < 4.78 is 5.42. The Morgan fingerprint density at radius 1 is 0.678 bits per heavy atom. The van der Waals surface area contributed by atoms with Crippen LogP contribution in [0.15, 0.2) is 103 Å². The molecule has 11 heteroatoms. The Balaban J connectivity index is 0.000000241. The van der Waals surface area contributed by atoms with Crippen LogP contribution in [0.2, 0.25) is 0 Å². The van der Waals surface area contributed by atoms with Crippen LogP contribution in [0.4, 0.5) is 5.69 Å². The first-order valence-corrected chi connectivity index (χ1v) is 21.2. The summed E-state index contributed by atoms with van der Waals surface area (Å²) in [7, 11) is 1.00. The molecule has 1 unspecified atom stereocenters. The average molecular weight is 800 g/mol. The fraction of sp³-hybridized carbons (Fsp3) is 0.417. The number of carbonyl (C=O) groups excluding carboxylic acids is 4. The highest BCUT2D eigenvalue weighted by atomic mass is 16.5. The number of amides is 4. The van der Waals surface area contributed by atoms with E-state index in [4.69, 9.17) is 9.84 Å². The van der Waals surface area contributed by atoms with Gasteiger partial charge in [-0.25, -0.2) is 0 Å². The van der Waals surface area contributed by atoms with Crippen LogP contribution in [-0.4, -0.2) is 95.4 Å². The lowest BCUT2D eigenvalue weighted by Gasteiger charge is -2.42. The molecule has 4 aromatic rings. The number of benzene rings is 4. The predicted molar refractivity (Wildman–Crippen MR) is 228 cm³/mol. The van der Waals surface area contributed by atoms with Crippen LogP contribution < -0.4 is 15.0 Å². The third kappa shape index (κ3) is 10.0. The van der Waals surface area contributed by atoms with Gasteiger partial charge in [-0.3, -0.25) is 24.5 Å². The molecule has 6 aliphatic heterocycles. The van der Waals surface area contributed by atoms with Gasteiger partial charge in [0.15, 0.2) is 0 Å². The van der Waals surface area contributed by atoms with Crippen molar-refractivity contribution in [3.05, 3.63) is 131 Å². The molecule has 3 fully saturated rings. The number of nitrogens with zero attached hydrogens (tertiary/aromatic N) is 4. The van der Waals surface area contributed by atoms with Gasteiger partial charge >= 0.3 is 0 Å². The van der Waals surface area contributed by atoms with Crippen molar-refractivity contribution in [3.8, 4) is 5.75 Å². The molecule has 59 heavy (non-hydrogen) atoms. The smallest absolute Gasteiger partial charge is 0.255 e. The van der Waals surface area contributed by atoms with Crippen molar-refractivity contribution in [3.63, 3.8) is 0 Å². The van der Waals surface area contributed by atoms with Gasteiger partial charge in [-0.2, -0.15) is 0 Å². The maximum atomic E-state index is 13.5. The number of piperidine rings is 3.